The van der Waals surface area contributed by atoms with Gasteiger partial charge in [-0.2, -0.15) is 0 Å². The number of hydrogen-bond donors (Lipinski definition) is 1. The maximum atomic E-state index is 12.7. The minimum Gasteiger partial charge on any atom is -0.375 e. The fraction of sp³-hybridized carbons (Fsp3) is 0.571. The minimum atomic E-state index is -0.0790. The molecule has 1 saturated heterocycles. The first-order valence-electron chi connectivity index (χ1n) is 10.2. The Hall–Kier alpha value is -2.41. The Morgan fingerprint density at radius 1 is 1.14 bits per heavy atom. The number of carbonyl (C=O) groups excluding carboxylic acids is 2. The van der Waals surface area contributed by atoms with Crippen LogP contribution in [0.5, 0.6) is 0 Å². The molecule has 3 rings (SSSR count). The second kappa shape index (κ2) is 10.2. The van der Waals surface area contributed by atoms with Crippen LogP contribution >= 0.6 is 0 Å². The van der Waals surface area contributed by atoms with E-state index in [1.165, 1.54) is 7.11 Å². The topological polar surface area (TPSA) is 76.5 Å². The van der Waals surface area contributed by atoms with Gasteiger partial charge in [0.15, 0.2) is 0 Å². The smallest absolute Gasteiger partial charge is 0.245 e. The maximum absolute atomic E-state index is 12.7. The van der Waals surface area contributed by atoms with Gasteiger partial charge in [0.05, 0.1) is 11.0 Å². The highest BCUT2D eigenvalue weighted by atomic mass is 16.5. The number of para-hydroxylation sites is 2. The van der Waals surface area contributed by atoms with Gasteiger partial charge in [-0.1, -0.05) is 18.6 Å². The first kappa shape index (κ1) is 20.3. The number of benzene rings is 1. The number of nitrogens with one attached hydrogen (secondary N) is 1. The lowest BCUT2D eigenvalue weighted by Gasteiger charge is -2.17. The van der Waals surface area contributed by atoms with Crippen molar-refractivity contribution in [1.29, 1.82) is 0 Å². The first-order valence-corrected chi connectivity index (χ1v) is 10.2. The van der Waals surface area contributed by atoms with Crippen molar-refractivity contribution in [1.82, 2.24) is 19.8 Å². The van der Waals surface area contributed by atoms with E-state index >= 15 is 0 Å². The van der Waals surface area contributed by atoms with E-state index in [1.54, 1.807) is 0 Å². The highest BCUT2D eigenvalue weighted by Gasteiger charge is 2.20. The second-order valence-corrected chi connectivity index (χ2v) is 7.28. The number of unbranched alkanes of at least 4 members (excludes halogenated alkanes) is 2. The van der Waals surface area contributed by atoms with E-state index in [9.17, 15) is 9.59 Å². The highest BCUT2D eigenvalue weighted by Crippen LogP contribution is 2.19. The fourth-order valence-electron chi connectivity index (χ4n) is 3.69. The molecule has 0 atom stereocenters. The number of aromatic nitrogens is 2. The summed E-state index contributed by atoms with van der Waals surface area (Å²) >= 11 is 0. The Labute approximate surface area is 166 Å². The molecule has 1 N–H and O–H groups in total. The molecule has 1 fully saturated rings. The van der Waals surface area contributed by atoms with Gasteiger partial charge in [0, 0.05) is 33.2 Å². The summed E-state index contributed by atoms with van der Waals surface area (Å²) in [6.07, 6.45) is 5.92. The molecule has 0 bridgehead atoms. The standard InChI is InChI=1S/C21H30N4O3/c1-28-16-20(26)22-12-6-2-3-11-19-23-17-9-4-5-10-18(17)25(19)15-21(27)24-13-7-8-14-24/h4-5,9-10H,2-3,6-8,11-16H2,1H3,(H,22,26). The molecule has 2 aromatic rings. The molecule has 0 aliphatic carbocycles. The van der Waals surface area contributed by atoms with Crippen molar-refractivity contribution in [2.24, 2.45) is 0 Å². The van der Waals surface area contributed by atoms with Crippen molar-refractivity contribution in [2.75, 3.05) is 33.4 Å². The Kier molecular flexibility index (Phi) is 7.42. The normalized spacial score (nSPS) is 14.0. The molecular formula is C21H30N4O3. The van der Waals surface area contributed by atoms with Crippen LogP contribution in [0.2, 0.25) is 0 Å². The minimum absolute atomic E-state index is 0.0790. The van der Waals surface area contributed by atoms with Crippen LogP contribution in [0.4, 0.5) is 0 Å². The van der Waals surface area contributed by atoms with Crippen molar-refractivity contribution in [3.8, 4) is 0 Å². The summed E-state index contributed by atoms with van der Waals surface area (Å²) < 4.78 is 6.88. The van der Waals surface area contributed by atoms with E-state index in [2.05, 4.69) is 9.88 Å². The van der Waals surface area contributed by atoms with E-state index in [4.69, 9.17) is 9.72 Å². The summed E-state index contributed by atoms with van der Waals surface area (Å²) in [5.74, 6) is 1.07. The molecule has 28 heavy (non-hydrogen) atoms. The number of hydrogen-bond acceptors (Lipinski definition) is 4. The molecule has 0 unspecified atom stereocenters. The molecule has 1 aromatic carbocycles. The predicted molar refractivity (Wildman–Crippen MR) is 108 cm³/mol. The molecule has 7 nitrogen and oxygen atoms in total. The van der Waals surface area contributed by atoms with Crippen LogP contribution < -0.4 is 5.32 Å². The SMILES string of the molecule is COCC(=O)NCCCCCc1nc2ccccc2n1CC(=O)N1CCCC1. The van der Waals surface area contributed by atoms with Gasteiger partial charge >= 0.3 is 0 Å². The number of rotatable bonds is 10. The van der Waals surface area contributed by atoms with Crippen LogP contribution in [-0.2, 0) is 27.3 Å². The van der Waals surface area contributed by atoms with Crippen LogP contribution in [0.3, 0.4) is 0 Å². The molecule has 1 aliphatic heterocycles. The number of nitrogens with zero attached hydrogens (tertiary/aromatic N) is 3. The van der Waals surface area contributed by atoms with Gasteiger partial charge in [-0.15, -0.1) is 0 Å². The summed E-state index contributed by atoms with van der Waals surface area (Å²) in [7, 11) is 1.51. The number of imidazole rings is 1. The van der Waals surface area contributed by atoms with Gasteiger partial charge in [0.25, 0.3) is 0 Å². The van der Waals surface area contributed by atoms with Gasteiger partial charge in [-0.05, 0) is 37.8 Å². The van der Waals surface area contributed by atoms with Gasteiger partial charge < -0.3 is 19.5 Å². The fourth-order valence-corrected chi connectivity index (χ4v) is 3.69. The van der Waals surface area contributed by atoms with Crippen LogP contribution in [0.25, 0.3) is 11.0 Å². The van der Waals surface area contributed by atoms with Crippen molar-refractivity contribution in [2.45, 2.75) is 45.1 Å². The van der Waals surface area contributed by atoms with Crippen LogP contribution in [0, 0.1) is 0 Å². The quantitative estimate of drug-likeness (QED) is 0.635. The molecular weight excluding hydrogens is 356 g/mol. The Balaban J connectivity index is 1.56. The Morgan fingerprint density at radius 3 is 2.71 bits per heavy atom. The molecule has 2 amide bonds. The molecule has 0 saturated carbocycles. The third-order valence-corrected chi connectivity index (χ3v) is 5.16. The highest BCUT2D eigenvalue weighted by molar-refractivity contribution is 5.81. The van der Waals surface area contributed by atoms with Crippen molar-refractivity contribution >= 4 is 22.8 Å². The Bertz CT molecular complexity index is 796. The molecule has 0 radical (unpaired) electrons. The van der Waals surface area contributed by atoms with Gasteiger partial charge in [-0.25, -0.2) is 4.98 Å². The summed E-state index contributed by atoms with van der Waals surface area (Å²) in [6.45, 7) is 2.87. The number of aryl methyl sites for hydroxylation is 1. The van der Waals surface area contributed by atoms with Crippen LogP contribution in [-0.4, -0.2) is 59.6 Å². The molecule has 2 heterocycles. The monoisotopic (exact) mass is 386 g/mol. The molecule has 152 valence electrons. The van der Waals surface area contributed by atoms with E-state index < -0.39 is 0 Å². The molecule has 7 heteroatoms. The third-order valence-electron chi connectivity index (χ3n) is 5.16. The number of methoxy groups -OCH3 is 1. The van der Waals surface area contributed by atoms with Gasteiger partial charge in [0.2, 0.25) is 11.8 Å². The maximum Gasteiger partial charge on any atom is 0.245 e. The van der Waals surface area contributed by atoms with E-state index in [-0.39, 0.29) is 18.4 Å². The lowest BCUT2D eigenvalue weighted by Crippen LogP contribution is -2.31. The van der Waals surface area contributed by atoms with Crippen molar-refractivity contribution < 1.29 is 14.3 Å². The summed E-state index contributed by atoms with van der Waals surface area (Å²) in [6, 6.07) is 8.01. The molecule has 1 aromatic heterocycles. The zero-order chi connectivity index (χ0) is 19.8. The largest absolute Gasteiger partial charge is 0.375 e. The van der Waals surface area contributed by atoms with Crippen LogP contribution in [0.15, 0.2) is 24.3 Å². The second-order valence-electron chi connectivity index (χ2n) is 7.28. The van der Waals surface area contributed by atoms with Crippen molar-refractivity contribution in [3.63, 3.8) is 0 Å². The lowest BCUT2D eigenvalue weighted by molar-refractivity contribution is -0.130. The first-order chi connectivity index (χ1) is 13.7. The molecule has 0 spiro atoms. The predicted octanol–water partition coefficient (Wildman–Crippen LogP) is 2.13. The summed E-state index contributed by atoms with van der Waals surface area (Å²) in [4.78, 5) is 30.8. The number of amides is 2. The lowest BCUT2D eigenvalue weighted by atomic mass is 10.2. The van der Waals surface area contributed by atoms with Gasteiger partial charge in [0.1, 0.15) is 19.0 Å². The zero-order valence-corrected chi connectivity index (χ0v) is 16.7. The zero-order valence-electron chi connectivity index (χ0n) is 16.7. The average Bonchev–Trinajstić information content (AvgIpc) is 3.34. The number of likely N-dealkylation sites (tertiary alicyclic amines) is 1. The number of ether oxygens (including phenoxy) is 1. The number of fused-ring (bicyclic) bond motifs is 1. The van der Waals surface area contributed by atoms with Crippen LogP contribution in [0.1, 0.15) is 37.9 Å². The van der Waals surface area contributed by atoms with Gasteiger partial charge in [-0.3, -0.25) is 9.59 Å². The summed E-state index contributed by atoms with van der Waals surface area (Å²) in [5.41, 5.74) is 1.97. The molecule has 1 aliphatic rings. The summed E-state index contributed by atoms with van der Waals surface area (Å²) in [5, 5.41) is 2.84. The van der Waals surface area contributed by atoms with Crippen molar-refractivity contribution in [3.05, 3.63) is 30.1 Å². The Morgan fingerprint density at radius 2 is 1.93 bits per heavy atom. The van der Waals surface area contributed by atoms with E-state index in [1.807, 2.05) is 29.2 Å². The van der Waals surface area contributed by atoms with E-state index in [0.717, 1.165) is 68.5 Å². The van der Waals surface area contributed by atoms with E-state index in [0.29, 0.717) is 13.1 Å². The number of carbonyl (C=O) groups is 2. The third kappa shape index (κ3) is 5.32. The average molecular weight is 386 g/mol.